The smallest absolute Gasteiger partial charge is 0.850 e. The minimum atomic E-state index is -6.40. The molecule has 0 aromatic heterocycles. The van der Waals surface area contributed by atoms with Gasteiger partial charge >= 0.3 is 59.1 Å². The fourth-order valence-corrected chi connectivity index (χ4v) is 0.596. The summed E-state index contributed by atoms with van der Waals surface area (Å²) in [6.07, 6.45) is -12.8. The molecule has 0 saturated carbocycles. The molecular weight excluding hydrogens is 418 g/mol. The standard InChI is InChI=1S/2C4H2F7O.Mg/c2*5-2(6,1-12)3(7,8)4(9,10)11;/h2*1H2;/q2*-1;+2. The van der Waals surface area contributed by atoms with Gasteiger partial charge < -0.3 is 10.2 Å². The van der Waals surface area contributed by atoms with Crippen molar-refractivity contribution in [2.45, 2.75) is 36.0 Å². The monoisotopic (exact) mass is 422 g/mol. The van der Waals surface area contributed by atoms with Gasteiger partial charge in [0.15, 0.2) is 0 Å². The molecule has 0 unspecified atom stereocenters. The van der Waals surface area contributed by atoms with E-state index >= 15 is 0 Å². The minimum Gasteiger partial charge on any atom is -0.850 e. The van der Waals surface area contributed by atoms with E-state index in [9.17, 15) is 71.7 Å². The summed E-state index contributed by atoms with van der Waals surface area (Å²) in [5.74, 6) is -23.7. The van der Waals surface area contributed by atoms with Crippen LogP contribution in [-0.4, -0.2) is 72.3 Å². The maximum absolute atomic E-state index is 11.6. The van der Waals surface area contributed by atoms with Gasteiger partial charge in [-0.1, -0.05) is 13.2 Å². The van der Waals surface area contributed by atoms with Crippen LogP contribution < -0.4 is 10.2 Å². The Bertz CT molecular complexity index is 363. The van der Waals surface area contributed by atoms with E-state index in [0.717, 1.165) is 0 Å². The number of rotatable bonds is 4. The van der Waals surface area contributed by atoms with Gasteiger partial charge in [-0.15, -0.1) is 0 Å². The average Bonchev–Trinajstić information content (AvgIpc) is 2.36. The van der Waals surface area contributed by atoms with Gasteiger partial charge in [0.2, 0.25) is 0 Å². The summed E-state index contributed by atoms with van der Waals surface area (Å²) in [7, 11) is 0. The molecule has 17 heteroatoms. The van der Waals surface area contributed by atoms with Crippen molar-refractivity contribution >= 4 is 23.1 Å². The first-order valence-electron chi connectivity index (χ1n) is 4.93. The fraction of sp³-hybridized carbons (Fsp3) is 1.00. The summed E-state index contributed by atoms with van der Waals surface area (Å²) in [6, 6.07) is 0. The zero-order valence-corrected chi connectivity index (χ0v) is 12.6. The molecule has 0 aliphatic heterocycles. The zero-order chi connectivity index (χ0) is 20.4. The number of alkyl halides is 14. The van der Waals surface area contributed by atoms with Crippen molar-refractivity contribution in [3.05, 3.63) is 0 Å². The van der Waals surface area contributed by atoms with Gasteiger partial charge in [0, 0.05) is 0 Å². The van der Waals surface area contributed by atoms with Gasteiger partial charge in [-0.2, -0.15) is 43.9 Å². The SMILES string of the molecule is [Mg+2].[O-]CC(F)(F)C(F)(F)C(F)(F)F.[O-]CC(F)(F)C(F)(F)C(F)(F)F. The predicted molar refractivity (Wildman–Crippen MR) is 47.4 cm³/mol. The van der Waals surface area contributed by atoms with Crippen molar-refractivity contribution in [2.75, 3.05) is 13.2 Å². The summed E-state index contributed by atoms with van der Waals surface area (Å²) in [4.78, 5) is 0. The Kier molecular flexibility index (Phi) is 10.1. The van der Waals surface area contributed by atoms with Crippen molar-refractivity contribution in [3.8, 4) is 0 Å². The van der Waals surface area contributed by atoms with Crippen LogP contribution in [0.1, 0.15) is 0 Å². The molecule has 0 fully saturated rings. The van der Waals surface area contributed by atoms with Gasteiger partial charge in [0.1, 0.15) is 0 Å². The molecule has 2 nitrogen and oxygen atoms in total. The van der Waals surface area contributed by atoms with Crippen molar-refractivity contribution in [1.29, 1.82) is 0 Å². The number of hydrogen-bond acceptors (Lipinski definition) is 2. The molecule has 0 heterocycles. The molecule has 148 valence electrons. The minimum absolute atomic E-state index is 0. The Morgan fingerprint density at radius 3 is 0.640 bits per heavy atom. The van der Waals surface area contributed by atoms with Crippen molar-refractivity contribution in [3.63, 3.8) is 0 Å². The van der Waals surface area contributed by atoms with Crippen LogP contribution in [0.25, 0.3) is 0 Å². The van der Waals surface area contributed by atoms with E-state index in [1.807, 2.05) is 0 Å². The first-order chi connectivity index (χ1) is 10.1. The van der Waals surface area contributed by atoms with E-state index in [2.05, 4.69) is 0 Å². The first-order valence-corrected chi connectivity index (χ1v) is 4.93. The largest absolute Gasteiger partial charge is 2.00 e. The third kappa shape index (κ3) is 6.42. The van der Waals surface area contributed by atoms with E-state index in [-0.39, 0.29) is 23.1 Å². The molecule has 0 N–H and O–H groups in total. The summed E-state index contributed by atoms with van der Waals surface area (Å²) in [6.45, 7) is -5.61. The Hall–Kier alpha value is -0.294. The summed E-state index contributed by atoms with van der Waals surface area (Å²) >= 11 is 0. The van der Waals surface area contributed by atoms with E-state index < -0.39 is 49.3 Å². The van der Waals surface area contributed by atoms with Gasteiger partial charge in [-0.05, 0) is 0 Å². The van der Waals surface area contributed by atoms with E-state index in [0.29, 0.717) is 0 Å². The van der Waals surface area contributed by atoms with Crippen molar-refractivity contribution in [1.82, 2.24) is 0 Å². The van der Waals surface area contributed by atoms with Gasteiger partial charge in [-0.3, -0.25) is 0 Å². The van der Waals surface area contributed by atoms with Crippen molar-refractivity contribution in [2.24, 2.45) is 0 Å². The quantitative estimate of drug-likeness (QED) is 0.514. The van der Waals surface area contributed by atoms with E-state index in [4.69, 9.17) is 0 Å². The van der Waals surface area contributed by atoms with Crippen LogP contribution in [0.4, 0.5) is 61.5 Å². The maximum atomic E-state index is 11.6. The molecular formula is C8H4F14MgO2. The number of halogens is 14. The third-order valence-corrected chi connectivity index (χ3v) is 1.99. The molecule has 0 saturated heterocycles. The van der Waals surface area contributed by atoms with E-state index in [1.54, 1.807) is 0 Å². The molecule has 0 aliphatic rings. The molecule has 0 bridgehead atoms. The van der Waals surface area contributed by atoms with Gasteiger partial charge in [0.05, 0.1) is 0 Å². The van der Waals surface area contributed by atoms with Crippen LogP contribution in [0.15, 0.2) is 0 Å². The number of hydrogen-bond donors (Lipinski definition) is 0. The average molecular weight is 422 g/mol. The van der Waals surface area contributed by atoms with Gasteiger partial charge in [0.25, 0.3) is 0 Å². The zero-order valence-electron chi connectivity index (χ0n) is 11.2. The summed E-state index contributed by atoms with van der Waals surface area (Å²) in [5.41, 5.74) is 0. The predicted octanol–water partition coefficient (Wildman–Crippen LogP) is 1.98. The first kappa shape index (κ1) is 29.5. The molecule has 0 rings (SSSR count). The third-order valence-electron chi connectivity index (χ3n) is 1.99. The van der Waals surface area contributed by atoms with Crippen molar-refractivity contribution < 1.29 is 71.7 Å². The second-order valence-corrected chi connectivity index (χ2v) is 3.84. The molecule has 0 aromatic carbocycles. The molecule has 0 atom stereocenters. The van der Waals surface area contributed by atoms with Crippen LogP contribution in [0.3, 0.4) is 0 Å². The van der Waals surface area contributed by atoms with Gasteiger partial charge in [-0.25, -0.2) is 17.6 Å². The molecule has 0 radical (unpaired) electrons. The van der Waals surface area contributed by atoms with Crippen LogP contribution >= 0.6 is 0 Å². The Morgan fingerprint density at radius 1 is 0.440 bits per heavy atom. The molecule has 0 aliphatic carbocycles. The maximum Gasteiger partial charge on any atom is 2.00 e. The Labute approximate surface area is 144 Å². The fourth-order valence-electron chi connectivity index (χ4n) is 0.596. The second kappa shape index (κ2) is 8.60. The summed E-state index contributed by atoms with van der Waals surface area (Å²) in [5, 5.41) is 18.6. The molecule has 0 spiro atoms. The van der Waals surface area contributed by atoms with Crippen LogP contribution in [-0.2, 0) is 0 Å². The Balaban J connectivity index is -0.000000372. The Morgan fingerprint density at radius 2 is 0.600 bits per heavy atom. The van der Waals surface area contributed by atoms with E-state index in [1.165, 1.54) is 0 Å². The molecule has 0 amide bonds. The van der Waals surface area contributed by atoms with Crippen LogP contribution in [0, 0.1) is 0 Å². The second-order valence-electron chi connectivity index (χ2n) is 3.84. The molecule has 0 aromatic rings. The summed E-state index contributed by atoms with van der Waals surface area (Å²) < 4.78 is 160. The molecule has 25 heavy (non-hydrogen) atoms. The topological polar surface area (TPSA) is 46.1 Å². The van der Waals surface area contributed by atoms with Crippen LogP contribution in [0.2, 0.25) is 0 Å². The van der Waals surface area contributed by atoms with Crippen LogP contribution in [0.5, 0.6) is 0 Å². The normalized spacial score (nSPS) is 14.4.